The number of ketones is 1. The summed E-state index contributed by atoms with van der Waals surface area (Å²) in [6.45, 7) is 1.56. The minimum absolute atomic E-state index is 0.148. The van der Waals surface area contributed by atoms with Crippen LogP contribution in [0.4, 0.5) is 0 Å². The minimum atomic E-state index is -0.160. The van der Waals surface area contributed by atoms with Crippen LogP contribution in [0.5, 0.6) is 5.75 Å². The standard InChI is InChI=1S/C12H16ClNO2/c1-8(15)3-5-11(14)9-4-6-12(16-2)10(13)7-9/h4,6-7,11H,3,5,14H2,1-2H3. The van der Waals surface area contributed by atoms with Gasteiger partial charge in [0.05, 0.1) is 12.1 Å². The predicted octanol–water partition coefficient (Wildman–Crippen LogP) is 2.72. The number of hydrogen-bond acceptors (Lipinski definition) is 3. The average Bonchev–Trinajstić information content (AvgIpc) is 2.25. The van der Waals surface area contributed by atoms with Gasteiger partial charge < -0.3 is 15.3 Å². The molecular formula is C12H16ClNO2. The van der Waals surface area contributed by atoms with Crippen LogP contribution in [0.25, 0.3) is 0 Å². The lowest BCUT2D eigenvalue weighted by Crippen LogP contribution is -2.11. The quantitative estimate of drug-likeness (QED) is 0.863. The molecule has 0 aliphatic rings. The maximum atomic E-state index is 10.8. The molecule has 4 heteroatoms. The molecule has 2 N–H and O–H groups in total. The molecule has 0 saturated carbocycles. The molecule has 0 bridgehead atoms. The van der Waals surface area contributed by atoms with Crippen molar-refractivity contribution in [3.05, 3.63) is 28.8 Å². The van der Waals surface area contributed by atoms with E-state index in [9.17, 15) is 4.79 Å². The Morgan fingerprint density at radius 3 is 2.75 bits per heavy atom. The van der Waals surface area contributed by atoms with Crippen LogP contribution in [0.1, 0.15) is 31.4 Å². The van der Waals surface area contributed by atoms with Crippen molar-refractivity contribution in [2.75, 3.05) is 7.11 Å². The van der Waals surface area contributed by atoms with Crippen LogP contribution >= 0.6 is 11.6 Å². The van der Waals surface area contributed by atoms with E-state index < -0.39 is 0 Å². The van der Waals surface area contributed by atoms with Crippen LogP contribution in [0, 0.1) is 0 Å². The highest BCUT2D eigenvalue weighted by Crippen LogP contribution is 2.28. The predicted molar refractivity (Wildman–Crippen MR) is 64.8 cm³/mol. The molecule has 1 rings (SSSR count). The van der Waals surface area contributed by atoms with Crippen molar-refractivity contribution in [2.45, 2.75) is 25.8 Å². The molecule has 0 aliphatic carbocycles. The van der Waals surface area contributed by atoms with Gasteiger partial charge in [0.1, 0.15) is 11.5 Å². The molecule has 0 aromatic heterocycles. The molecule has 0 heterocycles. The van der Waals surface area contributed by atoms with Crippen molar-refractivity contribution in [3.63, 3.8) is 0 Å². The van der Waals surface area contributed by atoms with Crippen LogP contribution in [0.2, 0.25) is 5.02 Å². The van der Waals surface area contributed by atoms with Crippen molar-refractivity contribution in [1.82, 2.24) is 0 Å². The van der Waals surface area contributed by atoms with Crippen LogP contribution in [-0.2, 0) is 4.79 Å². The Balaban J connectivity index is 2.72. The summed E-state index contributed by atoms with van der Waals surface area (Å²) in [6.07, 6.45) is 1.13. The molecular weight excluding hydrogens is 226 g/mol. The molecule has 0 radical (unpaired) electrons. The number of hydrogen-bond donors (Lipinski definition) is 1. The van der Waals surface area contributed by atoms with Crippen molar-refractivity contribution >= 4 is 17.4 Å². The first-order valence-corrected chi connectivity index (χ1v) is 5.51. The molecule has 0 aliphatic heterocycles. The normalized spacial score (nSPS) is 12.2. The third-order valence-corrected chi connectivity index (χ3v) is 2.71. The Bertz CT molecular complexity index is 379. The number of halogens is 1. The SMILES string of the molecule is COc1ccc(C(N)CCC(C)=O)cc1Cl. The van der Waals surface area contributed by atoms with Crippen LogP contribution in [0.3, 0.4) is 0 Å². The molecule has 0 fully saturated rings. The Labute approximate surface area is 101 Å². The van der Waals surface area contributed by atoms with Gasteiger partial charge in [0, 0.05) is 12.5 Å². The summed E-state index contributed by atoms with van der Waals surface area (Å²) < 4.78 is 5.05. The average molecular weight is 242 g/mol. The van der Waals surface area contributed by atoms with E-state index in [-0.39, 0.29) is 11.8 Å². The van der Waals surface area contributed by atoms with Crippen molar-refractivity contribution in [2.24, 2.45) is 5.73 Å². The van der Waals surface area contributed by atoms with E-state index in [1.54, 1.807) is 26.2 Å². The molecule has 0 spiro atoms. The first kappa shape index (κ1) is 13.0. The zero-order valence-corrected chi connectivity index (χ0v) is 10.3. The zero-order valence-electron chi connectivity index (χ0n) is 9.50. The summed E-state index contributed by atoms with van der Waals surface area (Å²) >= 11 is 5.99. The van der Waals surface area contributed by atoms with Gasteiger partial charge in [0.2, 0.25) is 0 Å². The first-order chi connectivity index (χ1) is 7.54. The van der Waals surface area contributed by atoms with Crippen LogP contribution < -0.4 is 10.5 Å². The molecule has 1 unspecified atom stereocenters. The lowest BCUT2D eigenvalue weighted by atomic mass is 10.0. The highest BCUT2D eigenvalue weighted by atomic mass is 35.5. The van der Waals surface area contributed by atoms with Crippen LogP contribution in [0.15, 0.2) is 18.2 Å². The number of benzene rings is 1. The smallest absolute Gasteiger partial charge is 0.137 e. The number of nitrogens with two attached hydrogens (primary N) is 1. The molecule has 1 aromatic carbocycles. The van der Waals surface area contributed by atoms with E-state index in [4.69, 9.17) is 22.1 Å². The van der Waals surface area contributed by atoms with Gasteiger partial charge in [-0.15, -0.1) is 0 Å². The molecule has 3 nitrogen and oxygen atoms in total. The second kappa shape index (κ2) is 5.87. The zero-order chi connectivity index (χ0) is 12.1. The maximum absolute atomic E-state index is 10.8. The van der Waals surface area contributed by atoms with Gasteiger partial charge in [-0.1, -0.05) is 17.7 Å². The van der Waals surface area contributed by atoms with Crippen molar-refractivity contribution in [1.29, 1.82) is 0 Å². The number of carbonyl (C=O) groups is 1. The fraction of sp³-hybridized carbons (Fsp3) is 0.417. The van der Waals surface area contributed by atoms with Gasteiger partial charge in [-0.3, -0.25) is 0 Å². The van der Waals surface area contributed by atoms with E-state index in [2.05, 4.69) is 0 Å². The molecule has 1 atom stereocenters. The Hall–Kier alpha value is -1.06. The molecule has 1 aromatic rings. The van der Waals surface area contributed by atoms with E-state index in [0.29, 0.717) is 23.6 Å². The first-order valence-electron chi connectivity index (χ1n) is 5.13. The monoisotopic (exact) mass is 241 g/mol. The van der Waals surface area contributed by atoms with Gasteiger partial charge in [-0.05, 0) is 31.0 Å². The number of rotatable bonds is 5. The van der Waals surface area contributed by atoms with Crippen molar-refractivity contribution < 1.29 is 9.53 Å². The number of ether oxygens (including phenoxy) is 1. The van der Waals surface area contributed by atoms with Crippen molar-refractivity contribution in [3.8, 4) is 5.75 Å². The Morgan fingerprint density at radius 1 is 1.56 bits per heavy atom. The van der Waals surface area contributed by atoms with Crippen LogP contribution in [-0.4, -0.2) is 12.9 Å². The van der Waals surface area contributed by atoms with E-state index in [0.717, 1.165) is 5.56 Å². The fourth-order valence-electron chi connectivity index (χ4n) is 1.44. The number of Topliss-reactive ketones (excluding diaryl/α,β-unsaturated/α-hetero) is 1. The largest absolute Gasteiger partial charge is 0.495 e. The summed E-state index contributed by atoms with van der Waals surface area (Å²) in [5.74, 6) is 0.777. The highest BCUT2D eigenvalue weighted by molar-refractivity contribution is 6.32. The van der Waals surface area contributed by atoms with E-state index in [1.165, 1.54) is 0 Å². The van der Waals surface area contributed by atoms with Gasteiger partial charge in [-0.25, -0.2) is 0 Å². The third-order valence-electron chi connectivity index (χ3n) is 2.41. The van der Waals surface area contributed by atoms with E-state index >= 15 is 0 Å². The molecule has 88 valence electrons. The molecule has 16 heavy (non-hydrogen) atoms. The van der Waals surface area contributed by atoms with Gasteiger partial charge in [-0.2, -0.15) is 0 Å². The lowest BCUT2D eigenvalue weighted by Gasteiger charge is -2.12. The Kier molecular flexibility index (Phi) is 4.77. The molecule has 0 saturated heterocycles. The highest BCUT2D eigenvalue weighted by Gasteiger charge is 2.09. The second-order valence-corrected chi connectivity index (χ2v) is 4.15. The van der Waals surface area contributed by atoms with Gasteiger partial charge >= 0.3 is 0 Å². The van der Waals surface area contributed by atoms with Gasteiger partial charge in [0.15, 0.2) is 0 Å². The maximum Gasteiger partial charge on any atom is 0.137 e. The summed E-state index contributed by atoms with van der Waals surface area (Å²) in [7, 11) is 1.57. The number of methoxy groups -OCH3 is 1. The summed E-state index contributed by atoms with van der Waals surface area (Å²) in [4.78, 5) is 10.8. The topological polar surface area (TPSA) is 52.3 Å². The number of carbonyl (C=O) groups excluding carboxylic acids is 1. The lowest BCUT2D eigenvalue weighted by molar-refractivity contribution is -0.117. The van der Waals surface area contributed by atoms with E-state index in [1.807, 2.05) is 6.07 Å². The second-order valence-electron chi connectivity index (χ2n) is 3.74. The fourth-order valence-corrected chi connectivity index (χ4v) is 1.70. The third kappa shape index (κ3) is 3.51. The summed E-state index contributed by atoms with van der Waals surface area (Å²) in [5.41, 5.74) is 6.88. The van der Waals surface area contributed by atoms with Gasteiger partial charge in [0.25, 0.3) is 0 Å². The Morgan fingerprint density at radius 2 is 2.25 bits per heavy atom. The molecule has 0 amide bonds. The summed E-state index contributed by atoms with van der Waals surface area (Å²) in [6, 6.07) is 5.28. The summed E-state index contributed by atoms with van der Waals surface area (Å²) in [5, 5.41) is 0.540. The minimum Gasteiger partial charge on any atom is -0.495 e.